The topological polar surface area (TPSA) is 188 Å². The summed E-state index contributed by atoms with van der Waals surface area (Å²) in [7, 11) is 2.46. The third-order valence-corrected chi connectivity index (χ3v) is 10.1. The first-order valence-corrected chi connectivity index (χ1v) is 20.2. The molecule has 324 valence electrons. The third-order valence-electron chi connectivity index (χ3n) is 10.1. The van der Waals surface area contributed by atoms with E-state index in [0.717, 1.165) is 16.8 Å². The van der Waals surface area contributed by atoms with Crippen LogP contribution in [-0.2, 0) is 41.7 Å². The molecule has 0 spiro atoms. The van der Waals surface area contributed by atoms with Gasteiger partial charge in [0.2, 0.25) is 23.6 Å². The number of alkyl carbamates (subject to hydrolysis) is 2. The molecule has 0 aromatic heterocycles. The van der Waals surface area contributed by atoms with Crippen molar-refractivity contribution in [3.63, 3.8) is 0 Å². The normalized spacial score (nSPS) is 14.5. The number of nitrogens with one attached hydrogen (secondary N) is 5. The van der Waals surface area contributed by atoms with Crippen LogP contribution in [0.25, 0.3) is 0 Å². The Balaban J connectivity index is 1.37. The number of anilines is 3. The Labute approximate surface area is 351 Å². The van der Waals surface area contributed by atoms with E-state index >= 15 is 0 Å². The Morgan fingerprint density at radius 3 is 1.90 bits per heavy atom. The lowest BCUT2D eigenvalue weighted by Crippen LogP contribution is -2.54. The highest BCUT2D eigenvalue weighted by Gasteiger charge is 2.39. The summed E-state index contributed by atoms with van der Waals surface area (Å²) >= 11 is 0. The summed E-state index contributed by atoms with van der Waals surface area (Å²) in [5.74, 6) is -1.90. The fourth-order valence-corrected chi connectivity index (χ4v) is 6.91. The van der Waals surface area contributed by atoms with Crippen molar-refractivity contribution in [3.05, 3.63) is 89.7 Å². The van der Waals surface area contributed by atoms with Crippen molar-refractivity contribution in [3.8, 4) is 0 Å². The average molecular weight is 832 g/mol. The number of hydrogen-bond acceptors (Lipinski definition) is 9. The van der Waals surface area contributed by atoms with Crippen molar-refractivity contribution in [2.45, 2.75) is 91.0 Å². The summed E-state index contributed by atoms with van der Waals surface area (Å²) in [5.41, 5.74) is 3.67. The molecule has 6 amide bonds. The molecule has 0 radical (unpaired) electrons. The van der Waals surface area contributed by atoms with Crippen LogP contribution in [0.15, 0.2) is 72.8 Å². The zero-order valence-electron chi connectivity index (χ0n) is 35.2. The van der Waals surface area contributed by atoms with Gasteiger partial charge in [-0.15, -0.1) is 0 Å². The zero-order chi connectivity index (χ0) is 43.8. The molecule has 4 rings (SSSR count). The Morgan fingerprint density at radius 1 is 0.767 bits per heavy atom. The van der Waals surface area contributed by atoms with Crippen molar-refractivity contribution in [2.24, 2.45) is 11.8 Å². The third kappa shape index (κ3) is 14.0. The van der Waals surface area contributed by atoms with E-state index in [1.807, 2.05) is 64.1 Å². The fraction of sp³-hybridized carbons (Fsp3) is 0.455. The monoisotopic (exact) mass is 831 g/mol. The number of carbonyl (C=O) groups excluding carboxylic acids is 6. The first-order valence-electron chi connectivity index (χ1n) is 20.2. The number of likely N-dealkylation sites (tertiary alicyclic amines) is 1. The highest BCUT2D eigenvalue weighted by Crippen LogP contribution is 2.25. The van der Waals surface area contributed by atoms with E-state index in [-0.39, 0.29) is 47.7 Å². The molecule has 1 aliphatic heterocycles. The number of unbranched alkanes of at least 4 members (excludes halogenated alkanes) is 1. The smallest absolute Gasteiger partial charge is 0.407 e. The molecule has 0 saturated carbocycles. The molecule has 0 aliphatic carbocycles. The first-order chi connectivity index (χ1) is 28.7. The van der Waals surface area contributed by atoms with Crippen molar-refractivity contribution in [2.75, 3.05) is 42.8 Å². The molecular formula is C44H58FN7O8. The number of rotatable bonds is 19. The largest absolute Gasteiger partial charge is 0.453 e. The molecule has 60 heavy (non-hydrogen) atoms. The summed E-state index contributed by atoms with van der Waals surface area (Å²) in [4.78, 5) is 79.7. The van der Waals surface area contributed by atoms with Gasteiger partial charge in [0.25, 0.3) is 0 Å². The maximum Gasteiger partial charge on any atom is 0.407 e. The van der Waals surface area contributed by atoms with Crippen molar-refractivity contribution in [1.29, 1.82) is 0 Å². The van der Waals surface area contributed by atoms with Gasteiger partial charge in [0, 0.05) is 49.7 Å². The molecule has 1 fully saturated rings. The van der Waals surface area contributed by atoms with E-state index in [0.29, 0.717) is 63.2 Å². The Bertz CT molecular complexity index is 1940. The van der Waals surface area contributed by atoms with Gasteiger partial charge in [-0.05, 0) is 97.2 Å². The molecule has 0 bridgehead atoms. The average Bonchev–Trinajstić information content (AvgIpc) is 3.72. The predicted molar refractivity (Wildman–Crippen MR) is 226 cm³/mol. The molecule has 1 saturated heterocycles. The van der Waals surface area contributed by atoms with E-state index in [2.05, 4.69) is 36.2 Å². The molecule has 5 N–H and O–H groups in total. The first kappa shape index (κ1) is 46.5. The van der Waals surface area contributed by atoms with Gasteiger partial charge >= 0.3 is 12.2 Å². The van der Waals surface area contributed by atoms with Gasteiger partial charge in [-0.3, -0.25) is 19.2 Å². The molecule has 16 heteroatoms. The molecule has 1 aliphatic rings. The molecule has 1 heterocycles. The van der Waals surface area contributed by atoms with Crippen LogP contribution in [0.4, 0.5) is 31.0 Å². The van der Waals surface area contributed by atoms with Crippen molar-refractivity contribution in [1.82, 2.24) is 20.9 Å². The van der Waals surface area contributed by atoms with Gasteiger partial charge in [0.1, 0.15) is 23.9 Å². The van der Waals surface area contributed by atoms with Crippen LogP contribution in [0.1, 0.15) is 70.9 Å². The maximum atomic E-state index is 14.0. The van der Waals surface area contributed by atoms with E-state index in [9.17, 15) is 33.2 Å². The number of ether oxygens (including phenoxy) is 2. The minimum atomic E-state index is -0.843. The van der Waals surface area contributed by atoms with Gasteiger partial charge in [-0.25, -0.2) is 14.0 Å². The van der Waals surface area contributed by atoms with Gasteiger partial charge < -0.3 is 45.9 Å². The second-order valence-corrected chi connectivity index (χ2v) is 15.4. The van der Waals surface area contributed by atoms with E-state index < -0.39 is 30.3 Å². The second-order valence-electron chi connectivity index (χ2n) is 15.4. The summed E-state index contributed by atoms with van der Waals surface area (Å²) in [6.07, 6.45) is 1.06. The Hall–Kier alpha value is -6.19. The highest BCUT2D eigenvalue weighted by molar-refractivity contribution is 5.98. The lowest BCUT2D eigenvalue weighted by Gasteiger charge is -2.30. The number of halogens is 1. The Kier molecular flexibility index (Phi) is 17.7. The Morgan fingerprint density at radius 2 is 1.33 bits per heavy atom. The zero-order valence-corrected chi connectivity index (χ0v) is 35.2. The van der Waals surface area contributed by atoms with Crippen LogP contribution in [0.3, 0.4) is 0 Å². The van der Waals surface area contributed by atoms with Crippen LogP contribution in [0, 0.1) is 17.7 Å². The minimum absolute atomic E-state index is 0.141. The van der Waals surface area contributed by atoms with Crippen LogP contribution in [0.5, 0.6) is 0 Å². The van der Waals surface area contributed by atoms with Crippen molar-refractivity contribution >= 4 is 52.9 Å². The van der Waals surface area contributed by atoms with Gasteiger partial charge in [-0.1, -0.05) is 52.0 Å². The van der Waals surface area contributed by atoms with Crippen LogP contribution in [-0.4, -0.2) is 86.1 Å². The predicted octanol–water partition coefficient (Wildman–Crippen LogP) is 5.95. The molecule has 15 nitrogen and oxygen atoms in total. The highest BCUT2D eigenvalue weighted by atomic mass is 19.1. The van der Waals surface area contributed by atoms with Crippen molar-refractivity contribution < 1.29 is 42.6 Å². The molecule has 0 unspecified atom stereocenters. The van der Waals surface area contributed by atoms with Gasteiger partial charge in [-0.2, -0.15) is 0 Å². The molecular weight excluding hydrogens is 774 g/mol. The summed E-state index contributed by atoms with van der Waals surface area (Å²) in [6.45, 7) is 8.80. The lowest BCUT2D eigenvalue weighted by molar-refractivity contribution is -0.139. The van der Waals surface area contributed by atoms with E-state index in [4.69, 9.17) is 4.74 Å². The second kappa shape index (κ2) is 22.8. The number of hydrogen-bond donors (Lipinski definition) is 5. The van der Waals surface area contributed by atoms with Crippen LogP contribution in [0.2, 0.25) is 0 Å². The quantitative estimate of drug-likeness (QED) is 0.0911. The standard InChI is InChI=1S/C44H58FN7O8/c1-28(2)38(49-43(57)59-5)41(55)46-22-8-7-17-37(53)47-33-14-9-12-30(24-33)26-51(35-20-18-32(45)19-21-35)27-31-13-10-15-34(25-31)48-40(54)36-16-11-23-52(36)42(56)39(29(3)4)50-44(58)60-6/h9-10,12-15,18-21,24-25,28-29,36,38-39H,7-8,11,16-17,22-23,26-27H2,1-6H3,(H,46,55)(H,47,53)(H,48,54)(H,49,57)(H,50,58)/t36-,38-,39-/m0/s1. The van der Waals surface area contributed by atoms with E-state index in [1.54, 1.807) is 24.3 Å². The molecule has 3 aromatic rings. The van der Waals surface area contributed by atoms with Crippen LogP contribution < -0.4 is 31.5 Å². The minimum Gasteiger partial charge on any atom is -0.453 e. The maximum absolute atomic E-state index is 14.0. The summed E-state index contributed by atoms with van der Waals surface area (Å²) in [5, 5.41) is 13.9. The molecule has 3 aromatic carbocycles. The summed E-state index contributed by atoms with van der Waals surface area (Å²) in [6, 6.07) is 18.7. The fourth-order valence-electron chi connectivity index (χ4n) is 6.91. The lowest BCUT2D eigenvalue weighted by atomic mass is 10.0. The van der Waals surface area contributed by atoms with Crippen LogP contribution >= 0.6 is 0 Å². The van der Waals surface area contributed by atoms with Gasteiger partial charge in [0.05, 0.1) is 14.2 Å². The molecule has 3 atom stereocenters. The number of amides is 6. The SMILES string of the molecule is COC(=O)N[C@H](C(=O)NCCCCC(=O)Nc1cccc(CN(Cc2cccc(NC(=O)[C@@H]3CCCN3C(=O)[C@@H](NC(=O)OC)C(C)C)c2)c2ccc(F)cc2)c1)C(C)C. The number of nitrogens with zero attached hydrogens (tertiary/aromatic N) is 2. The summed E-state index contributed by atoms with van der Waals surface area (Å²) < 4.78 is 23.3. The van der Waals surface area contributed by atoms with E-state index in [1.165, 1.54) is 31.3 Å². The van der Waals surface area contributed by atoms with Gasteiger partial charge in [0.15, 0.2) is 0 Å². The number of benzene rings is 3. The number of methoxy groups -OCH3 is 2. The number of carbonyl (C=O) groups is 6.